The molecule has 1 aliphatic heterocycles. The van der Waals surface area contributed by atoms with E-state index in [4.69, 9.17) is 14.2 Å². The van der Waals surface area contributed by atoms with Crippen molar-refractivity contribution in [2.24, 2.45) is 0 Å². The Morgan fingerprint density at radius 1 is 1.32 bits per heavy atom. The van der Waals surface area contributed by atoms with E-state index in [0.29, 0.717) is 3.57 Å². The van der Waals surface area contributed by atoms with Gasteiger partial charge in [-0.25, -0.2) is 4.79 Å². The summed E-state index contributed by atoms with van der Waals surface area (Å²) in [6.07, 6.45) is -0.0798. The van der Waals surface area contributed by atoms with E-state index < -0.39 is 41.6 Å². The van der Waals surface area contributed by atoms with E-state index in [0.717, 1.165) is 0 Å². The van der Waals surface area contributed by atoms with E-state index in [1.165, 1.54) is 10.8 Å². The number of carbonyl (C=O) groups excluding carboxylic acids is 2. The zero-order valence-corrected chi connectivity index (χ0v) is 16.0. The molecule has 1 aromatic rings. The number of nitrogens with one attached hydrogen (secondary N) is 1. The van der Waals surface area contributed by atoms with Crippen LogP contribution in [0.4, 0.5) is 0 Å². The smallest absolute Gasteiger partial charge is 0.330 e. The number of ether oxygens (including phenoxy) is 3. The molecule has 1 aliphatic rings. The molecule has 138 valence electrons. The Kier molecular flexibility index (Phi) is 6.76. The zero-order valence-electron chi connectivity index (χ0n) is 13.8. The van der Waals surface area contributed by atoms with Gasteiger partial charge in [-0.05, 0) is 22.6 Å². The van der Waals surface area contributed by atoms with Crippen LogP contribution in [0.2, 0.25) is 0 Å². The van der Waals surface area contributed by atoms with Gasteiger partial charge in [-0.3, -0.25) is 23.9 Å². The van der Waals surface area contributed by atoms with Crippen LogP contribution in [0.5, 0.6) is 0 Å². The molecule has 1 fully saturated rings. The highest BCUT2D eigenvalue weighted by molar-refractivity contribution is 14.1. The summed E-state index contributed by atoms with van der Waals surface area (Å²) in [7, 11) is 0. The number of hydrogen-bond donors (Lipinski definition) is 1. The first-order valence-electron chi connectivity index (χ1n) is 7.87. The summed E-state index contributed by atoms with van der Waals surface area (Å²) in [6.45, 7) is 3.24. The monoisotopic (exact) mass is 466 g/mol. The van der Waals surface area contributed by atoms with Crippen LogP contribution in [0, 0.1) is 3.57 Å². The maximum atomic E-state index is 12.0. The maximum absolute atomic E-state index is 12.0. The molecule has 1 saturated heterocycles. The number of hydrogen-bond acceptors (Lipinski definition) is 7. The average molecular weight is 466 g/mol. The van der Waals surface area contributed by atoms with Crippen LogP contribution in [0.1, 0.15) is 39.3 Å². The summed E-state index contributed by atoms with van der Waals surface area (Å²) in [5.41, 5.74) is -1.11. The number of nitrogens with zero attached hydrogens (tertiary/aromatic N) is 1. The van der Waals surface area contributed by atoms with Gasteiger partial charge in [-0.1, -0.05) is 13.8 Å². The molecule has 1 N–H and O–H groups in total. The zero-order chi connectivity index (χ0) is 18.6. The van der Waals surface area contributed by atoms with E-state index in [-0.39, 0.29) is 25.9 Å². The third-order valence-electron chi connectivity index (χ3n) is 3.68. The van der Waals surface area contributed by atoms with Gasteiger partial charge in [-0.2, -0.15) is 0 Å². The molecule has 0 aromatic carbocycles. The molecular formula is C15H19IN2O7. The summed E-state index contributed by atoms with van der Waals surface area (Å²) in [6, 6.07) is 0. The van der Waals surface area contributed by atoms with Crippen molar-refractivity contribution in [3.63, 3.8) is 0 Å². The van der Waals surface area contributed by atoms with Crippen molar-refractivity contribution in [3.05, 3.63) is 30.6 Å². The molecule has 0 saturated carbocycles. The van der Waals surface area contributed by atoms with E-state index in [9.17, 15) is 19.2 Å². The summed E-state index contributed by atoms with van der Waals surface area (Å²) >= 11 is 1.81. The highest BCUT2D eigenvalue weighted by Gasteiger charge is 2.40. The SMILES string of the molecule is CCC(=O)OC[C@H]1O[C@@H](n2cc(I)c(=O)[nH]c2=O)C[C@@H]1OC(=O)CC. The molecule has 0 bridgehead atoms. The van der Waals surface area contributed by atoms with Crippen molar-refractivity contribution in [3.8, 4) is 0 Å². The fourth-order valence-corrected chi connectivity index (χ4v) is 2.78. The number of carbonyl (C=O) groups is 2. The second-order valence-corrected chi connectivity index (χ2v) is 6.59. The molecule has 1 aromatic heterocycles. The Hall–Kier alpha value is -1.69. The Bertz CT molecular complexity index is 757. The van der Waals surface area contributed by atoms with Crippen molar-refractivity contribution < 1.29 is 23.8 Å². The summed E-state index contributed by atoms with van der Waals surface area (Å²) in [5.74, 6) is -0.812. The van der Waals surface area contributed by atoms with Gasteiger partial charge < -0.3 is 14.2 Å². The molecule has 10 heteroatoms. The molecule has 25 heavy (non-hydrogen) atoms. The topological polar surface area (TPSA) is 117 Å². The van der Waals surface area contributed by atoms with Crippen molar-refractivity contribution in [1.29, 1.82) is 0 Å². The normalized spacial score (nSPS) is 22.6. The van der Waals surface area contributed by atoms with E-state index in [1.807, 2.05) is 0 Å². The lowest BCUT2D eigenvalue weighted by molar-refractivity contribution is -0.157. The quantitative estimate of drug-likeness (QED) is 0.485. The lowest BCUT2D eigenvalue weighted by Gasteiger charge is -2.18. The van der Waals surface area contributed by atoms with E-state index in [2.05, 4.69) is 4.98 Å². The molecule has 9 nitrogen and oxygen atoms in total. The van der Waals surface area contributed by atoms with Crippen LogP contribution in [0.15, 0.2) is 15.8 Å². The Labute approximate surface area is 156 Å². The van der Waals surface area contributed by atoms with Crippen molar-refractivity contribution in [2.45, 2.75) is 51.5 Å². The minimum Gasteiger partial charge on any atom is -0.463 e. The molecule has 2 rings (SSSR count). The number of aromatic amines is 1. The summed E-state index contributed by atoms with van der Waals surface area (Å²) < 4.78 is 17.7. The maximum Gasteiger partial charge on any atom is 0.330 e. The second-order valence-electron chi connectivity index (χ2n) is 5.43. The van der Waals surface area contributed by atoms with E-state index in [1.54, 1.807) is 36.4 Å². The predicted octanol–water partition coefficient (Wildman–Crippen LogP) is 0.704. The van der Waals surface area contributed by atoms with Crippen LogP contribution in [-0.2, 0) is 23.8 Å². The number of aromatic nitrogens is 2. The fraction of sp³-hybridized carbons (Fsp3) is 0.600. The van der Waals surface area contributed by atoms with Crippen molar-refractivity contribution in [2.75, 3.05) is 6.61 Å². The highest BCUT2D eigenvalue weighted by Crippen LogP contribution is 2.30. The van der Waals surface area contributed by atoms with Gasteiger partial charge in [-0.15, -0.1) is 0 Å². The van der Waals surface area contributed by atoms with Gasteiger partial charge in [0, 0.05) is 25.5 Å². The first kappa shape index (κ1) is 19.6. The minimum absolute atomic E-state index is 0.0833. The molecule has 0 aliphatic carbocycles. The first-order valence-corrected chi connectivity index (χ1v) is 8.95. The van der Waals surface area contributed by atoms with Crippen molar-refractivity contribution in [1.82, 2.24) is 9.55 Å². The number of esters is 2. The molecule has 2 heterocycles. The molecule has 0 amide bonds. The lowest BCUT2D eigenvalue weighted by Crippen LogP contribution is -2.33. The third kappa shape index (κ3) is 4.91. The Morgan fingerprint density at radius 3 is 2.64 bits per heavy atom. The van der Waals surface area contributed by atoms with Crippen LogP contribution in [0.25, 0.3) is 0 Å². The van der Waals surface area contributed by atoms with E-state index >= 15 is 0 Å². The van der Waals surface area contributed by atoms with Gasteiger partial charge in [0.2, 0.25) is 0 Å². The molecular weight excluding hydrogens is 447 g/mol. The standard InChI is InChI=1S/C15H19IN2O7/c1-3-12(19)23-7-10-9(25-13(20)4-2)5-11(24-10)18-6-8(16)14(21)17-15(18)22/h6,9-11H,3-5,7H2,1-2H3,(H,17,21,22)/t9-,10+,11+/m0/s1. The van der Waals surface area contributed by atoms with Crippen molar-refractivity contribution >= 4 is 34.5 Å². The molecule has 0 spiro atoms. The van der Waals surface area contributed by atoms with Crippen LogP contribution in [0.3, 0.4) is 0 Å². The lowest BCUT2D eigenvalue weighted by atomic mass is 10.2. The predicted molar refractivity (Wildman–Crippen MR) is 94.0 cm³/mol. The Morgan fingerprint density at radius 2 is 2.00 bits per heavy atom. The summed E-state index contributed by atoms with van der Waals surface area (Å²) in [4.78, 5) is 48.7. The molecule has 0 unspecified atom stereocenters. The summed E-state index contributed by atoms with van der Waals surface area (Å²) in [5, 5.41) is 0. The fourth-order valence-electron chi connectivity index (χ4n) is 2.35. The number of halogens is 1. The number of rotatable bonds is 6. The highest BCUT2D eigenvalue weighted by atomic mass is 127. The van der Waals surface area contributed by atoms with Crippen LogP contribution < -0.4 is 11.2 Å². The van der Waals surface area contributed by atoms with Crippen LogP contribution in [-0.4, -0.2) is 40.3 Å². The minimum atomic E-state index is -0.738. The first-order chi connectivity index (χ1) is 11.8. The molecule has 0 radical (unpaired) electrons. The largest absolute Gasteiger partial charge is 0.463 e. The number of H-pyrrole nitrogens is 1. The van der Waals surface area contributed by atoms with Gasteiger partial charge in [0.25, 0.3) is 5.56 Å². The van der Waals surface area contributed by atoms with Gasteiger partial charge >= 0.3 is 17.6 Å². The third-order valence-corrected chi connectivity index (χ3v) is 4.45. The van der Waals surface area contributed by atoms with Crippen LogP contribution >= 0.6 is 22.6 Å². The van der Waals surface area contributed by atoms with Gasteiger partial charge in [0.1, 0.15) is 25.0 Å². The second kappa shape index (κ2) is 8.61. The van der Waals surface area contributed by atoms with Gasteiger partial charge in [0.05, 0.1) is 3.57 Å². The average Bonchev–Trinajstić information content (AvgIpc) is 2.98. The van der Waals surface area contributed by atoms with Gasteiger partial charge in [0.15, 0.2) is 0 Å². The Balaban J connectivity index is 2.20. The molecule has 3 atom stereocenters.